The third kappa shape index (κ3) is 9.97. The van der Waals surface area contributed by atoms with Crippen LogP contribution in [0.25, 0.3) is 0 Å². The van der Waals surface area contributed by atoms with Crippen molar-refractivity contribution in [2.45, 2.75) is 96.8 Å². The van der Waals surface area contributed by atoms with Crippen molar-refractivity contribution >= 4 is 17.7 Å². The number of anilines is 1. The highest BCUT2D eigenvalue weighted by atomic mass is 16.6. The van der Waals surface area contributed by atoms with Crippen LogP contribution in [0, 0.1) is 0 Å². The maximum absolute atomic E-state index is 13.3. The molecule has 0 radical (unpaired) electrons. The molecule has 3 N–H and O–H groups in total. The van der Waals surface area contributed by atoms with E-state index in [0.29, 0.717) is 39.1 Å². The van der Waals surface area contributed by atoms with E-state index in [-0.39, 0.29) is 11.5 Å². The predicted molar refractivity (Wildman–Crippen MR) is 157 cm³/mol. The summed E-state index contributed by atoms with van der Waals surface area (Å²) in [5.74, 6) is 0.144. The molecule has 2 amide bonds. The summed E-state index contributed by atoms with van der Waals surface area (Å²) < 4.78 is 11.5. The van der Waals surface area contributed by atoms with Crippen LogP contribution in [-0.2, 0) is 33.7 Å². The summed E-state index contributed by atoms with van der Waals surface area (Å²) in [5.41, 5.74) is 9.50. The third-order valence-electron chi connectivity index (χ3n) is 7.34. The molecule has 3 rings (SSSR count). The summed E-state index contributed by atoms with van der Waals surface area (Å²) in [6.45, 7) is 9.99. The molecule has 7 heteroatoms. The summed E-state index contributed by atoms with van der Waals surface area (Å²) in [5, 5.41) is 2.84. The first-order valence-corrected chi connectivity index (χ1v) is 14.4. The standard InChI is InChI=1S/C32H47N3O4/c1-31(2,19-21-33)38-23-20-32(3,4)39-30(37)34-22-11-5-6-16-29(36)35-24-27-14-8-7-12-25(27)17-18-26-13-9-10-15-28(26)35/h7-10,12-15H,5-6,11,16-24,33H2,1-4H3,(H,34,37). The molecule has 2 aromatic carbocycles. The van der Waals surface area contributed by atoms with E-state index in [9.17, 15) is 9.59 Å². The molecule has 1 aliphatic rings. The van der Waals surface area contributed by atoms with E-state index in [1.165, 1.54) is 16.7 Å². The van der Waals surface area contributed by atoms with Crippen LogP contribution in [0.3, 0.4) is 0 Å². The van der Waals surface area contributed by atoms with Crippen molar-refractivity contribution in [3.8, 4) is 0 Å². The van der Waals surface area contributed by atoms with Crippen molar-refractivity contribution < 1.29 is 19.1 Å². The highest BCUT2D eigenvalue weighted by Gasteiger charge is 2.25. The average Bonchev–Trinajstić information content (AvgIpc) is 2.86. The predicted octanol–water partition coefficient (Wildman–Crippen LogP) is 5.92. The van der Waals surface area contributed by atoms with Crippen LogP contribution in [0.15, 0.2) is 48.5 Å². The summed E-state index contributed by atoms with van der Waals surface area (Å²) in [6, 6.07) is 16.7. The SMILES string of the molecule is CC(C)(CCN)OCCC(C)(C)OC(=O)NCCCCCC(=O)N1Cc2ccccc2CCc2ccccc21. The van der Waals surface area contributed by atoms with Crippen LogP contribution in [0.4, 0.5) is 10.5 Å². The molecular formula is C32H47N3O4. The molecule has 0 unspecified atom stereocenters. The van der Waals surface area contributed by atoms with Gasteiger partial charge in [-0.3, -0.25) is 4.79 Å². The van der Waals surface area contributed by atoms with Gasteiger partial charge in [0.05, 0.1) is 18.8 Å². The second-order valence-corrected chi connectivity index (χ2v) is 11.7. The fourth-order valence-electron chi connectivity index (χ4n) is 4.92. The number of rotatable bonds is 13. The minimum absolute atomic E-state index is 0.144. The Kier molecular flexibility index (Phi) is 11.4. The molecule has 0 fully saturated rings. The number of ether oxygens (including phenoxy) is 2. The van der Waals surface area contributed by atoms with Gasteiger partial charge >= 0.3 is 6.09 Å². The van der Waals surface area contributed by atoms with Gasteiger partial charge in [0.15, 0.2) is 0 Å². The molecule has 0 atom stereocenters. The van der Waals surface area contributed by atoms with Gasteiger partial charge < -0.3 is 25.4 Å². The largest absolute Gasteiger partial charge is 0.443 e. The normalized spacial score (nSPS) is 13.6. The van der Waals surface area contributed by atoms with E-state index in [0.717, 1.165) is 44.2 Å². The number of nitrogens with one attached hydrogen (secondary N) is 1. The number of benzene rings is 2. The lowest BCUT2D eigenvalue weighted by Gasteiger charge is -2.29. The fourth-order valence-corrected chi connectivity index (χ4v) is 4.92. The number of hydrogen-bond donors (Lipinski definition) is 2. The summed E-state index contributed by atoms with van der Waals surface area (Å²) in [6.07, 6.45) is 5.77. The van der Waals surface area contributed by atoms with Gasteiger partial charge in [-0.15, -0.1) is 0 Å². The minimum Gasteiger partial charge on any atom is -0.443 e. The van der Waals surface area contributed by atoms with Crippen LogP contribution in [0.1, 0.15) is 82.9 Å². The smallest absolute Gasteiger partial charge is 0.407 e. The number of amides is 2. The van der Waals surface area contributed by atoms with Crippen molar-refractivity contribution in [3.05, 3.63) is 65.2 Å². The Morgan fingerprint density at radius 2 is 1.54 bits per heavy atom. The summed E-state index contributed by atoms with van der Waals surface area (Å²) >= 11 is 0. The molecular weight excluding hydrogens is 490 g/mol. The van der Waals surface area contributed by atoms with Crippen molar-refractivity contribution in [3.63, 3.8) is 0 Å². The number of para-hydroxylation sites is 1. The third-order valence-corrected chi connectivity index (χ3v) is 7.34. The molecule has 1 aliphatic heterocycles. The molecule has 0 aliphatic carbocycles. The Morgan fingerprint density at radius 1 is 0.872 bits per heavy atom. The monoisotopic (exact) mass is 537 g/mol. The number of carbonyl (C=O) groups is 2. The van der Waals surface area contributed by atoms with Crippen LogP contribution in [0.2, 0.25) is 0 Å². The Morgan fingerprint density at radius 3 is 2.28 bits per heavy atom. The molecule has 7 nitrogen and oxygen atoms in total. The van der Waals surface area contributed by atoms with E-state index in [4.69, 9.17) is 15.2 Å². The van der Waals surface area contributed by atoms with Gasteiger partial charge in [-0.05, 0) is 89.1 Å². The average molecular weight is 538 g/mol. The highest BCUT2D eigenvalue weighted by molar-refractivity contribution is 5.94. The van der Waals surface area contributed by atoms with Gasteiger partial charge in [-0.25, -0.2) is 4.79 Å². The Bertz CT molecular complexity index is 1080. The lowest BCUT2D eigenvalue weighted by Crippen LogP contribution is -2.37. The van der Waals surface area contributed by atoms with E-state index >= 15 is 0 Å². The Balaban J connectivity index is 1.39. The first-order valence-electron chi connectivity index (χ1n) is 14.4. The molecule has 0 saturated heterocycles. The van der Waals surface area contributed by atoms with E-state index in [2.05, 4.69) is 35.6 Å². The molecule has 214 valence electrons. The Hall–Kier alpha value is -2.90. The maximum atomic E-state index is 13.3. The zero-order valence-corrected chi connectivity index (χ0v) is 24.3. The number of aryl methyl sites for hydroxylation is 2. The first kappa shape index (κ1) is 30.6. The van der Waals surface area contributed by atoms with Crippen LogP contribution >= 0.6 is 0 Å². The topological polar surface area (TPSA) is 93.9 Å². The van der Waals surface area contributed by atoms with Crippen LogP contribution in [0.5, 0.6) is 0 Å². The molecule has 1 heterocycles. The number of nitrogens with zero attached hydrogens (tertiary/aromatic N) is 1. The number of nitrogens with two attached hydrogens (primary N) is 1. The molecule has 0 spiro atoms. The Labute approximate surface area is 234 Å². The van der Waals surface area contributed by atoms with Crippen LogP contribution in [-0.4, -0.2) is 42.9 Å². The zero-order chi connectivity index (χ0) is 28.3. The lowest BCUT2D eigenvalue weighted by molar-refractivity contribution is -0.118. The molecule has 0 bridgehead atoms. The van der Waals surface area contributed by atoms with E-state index in [1.807, 2.05) is 50.8 Å². The van der Waals surface area contributed by atoms with Gasteiger partial charge in [-0.1, -0.05) is 48.9 Å². The van der Waals surface area contributed by atoms with Crippen LogP contribution < -0.4 is 16.0 Å². The van der Waals surface area contributed by atoms with Gasteiger partial charge in [0.2, 0.25) is 5.91 Å². The lowest BCUT2D eigenvalue weighted by atomic mass is 9.95. The molecule has 39 heavy (non-hydrogen) atoms. The van der Waals surface area contributed by atoms with Crippen molar-refractivity contribution in [2.75, 3.05) is 24.6 Å². The molecule has 0 saturated carbocycles. The summed E-state index contributed by atoms with van der Waals surface area (Å²) in [4.78, 5) is 27.6. The minimum atomic E-state index is -0.629. The quantitative estimate of drug-likeness (QED) is 0.310. The molecule has 0 aromatic heterocycles. The van der Waals surface area contributed by atoms with Gasteiger partial charge in [0.1, 0.15) is 5.60 Å². The van der Waals surface area contributed by atoms with E-state index in [1.54, 1.807) is 0 Å². The van der Waals surface area contributed by atoms with Gasteiger partial charge in [0, 0.05) is 25.1 Å². The second kappa shape index (κ2) is 14.5. The number of alkyl carbamates (subject to hydrolysis) is 1. The van der Waals surface area contributed by atoms with Gasteiger partial charge in [-0.2, -0.15) is 0 Å². The van der Waals surface area contributed by atoms with E-state index < -0.39 is 11.7 Å². The highest BCUT2D eigenvalue weighted by Crippen LogP contribution is 2.29. The first-order chi connectivity index (χ1) is 18.6. The maximum Gasteiger partial charge on any atom is 0.407 e. The summed E-state index contributed by atoms with van der Waals surface area (Å²) in [7, 11) is 0. The zero-order valence-electron chi connectivity index (χ0n) is 24.3. The van der Waals surface area contributed by atoms with Crippen molar-refractivity contribution in [1.82, 2.24) is 5.32 Å². The van der Waals surface area contributed by atoms with Crippen molar-refractivity contribution in [2.24, 2.45) is 5.73 Å². The fraction of sp³-hybridized carbons (Fsp3) is 0.562. The number of unbranched alkanes of at least 4 members (excludes halogenated alkanes) is 2. The second-order valence-electron chi connectivity index (χ2n) is 11.7. The van der Waals surface area contributed by atoms with Crippen molar-refractivity contribution in [1.29, 1.82) is 0 Å². The molecule has 2 aromatic rings. The number of carbonyl (C=O) groups excluding carboxylic acids is 2. The number of hydrogen-bond acceptors (Lipinski definition) is 5. The van der Waals surface area contributed by atoms with Gasteiger partial charge in [0.25, 0.3) is 0 Å². The number of fused-ring (bicyclic) bond motifs is 2.